The monoisotopic (exact) mass is 405 g/mol. The van der Waals surface area contributed by atoms with Crippen LogP contribution < -0.4 is 10.6 Å². The Morgan fingerprint density at radius 3 is 2.37 bits per heavy atom. The lowest BCUT2D eigenvalue weighted by Crippen LogP contribution is -2.28. The van der Waals surface area contributed by atoms with E-state index in [1.54, 1.807) is 31.2 Å². The highest BCUT2D eigenvalue weighted by molar-refractivity contribution is 5.89. The van der Waals surface area contributed by atoms with E-state index in [0.717, 1.165) is 28.2 Å². The van der Waals surface area contributed by atoms with Crippen molar-refractivity contribution in [2.24, 2.45) is 0 Å². The number of aryl methyl sites for hydroxylation is 1. The van der Waals surface area contributed by atoms with Crippen molar-refractivity contribution in [1.82, 2.24) is 9.88 Å². The molecule has 0 spiro atoms. The number of nitrogens with one attached hydrogen (secondary N) is 2. The third-order valence-electron chi connectivity index (χ3n) is 4.86. The molecule has 0 aliphatic heterocycles. The zero-order chi connectivity index (χ0) is 21.5. The molecule has 3 aromatic rings. The van der Waals surface area contributed by atoms with Gasteiger partial charge in [0.25, 0.3) is 0 Å². The standard InChI is InChI=1S/C24H27N3O3/c1-4-30-23(28)15-19-10-12-21(13-11-19)26-24(29)25-16-20-14-17(2)27(18(20)3)22-8-6-5-7-9-22/h5-14H,4,15-16H2,1-3H3,(H2,25,26,29). The quantitative estimate of drug-likeness (QED) is 0.568. The molecule has 6 nitrogen and oxygen atoms in total. The van der Waals surface area contributed by atoms with Crippen LogP contribution in [0.2, 0.25) is 0 Å². The molecule has 0 aliphatic rings. The van der Waals surface area contributed by atoms with E-state index < -0.39 is 0 Å². The third kappa shape index (κ3) is 5.29. The van der Waals surface area contributed by atoms with E-state index in [9.17, 15) is 9.59 Å². The first-order chi connectivity index (χ1) is 14.5. The van der Waals surface area contributed by atoms with Crippen LogP contribution in [0, 0.1) is 13.8 Å². The molecule has 2 N–H and O–H groups in total. The predicted octanol–water partition coefficient (Wildman–Crippen LogP) is 4.52. The van der Waals surface area contributed by atoms with Crippen LogP contribution in [0.5, 0.6) is 0 Å². The van der Waals surface area contributed by atoms with Crippen molar-refractivity contribution in [2.45, 2.75) is 33.7 Å². The Balaban J connectivity index is 1.57. The summed E-state index contributed by atoms with van der Waals surface area (Å²) in [4.78, 5) is 23.8. The highest BCUT2D eigenvalue weighted by atomic mass is 16.5. The Labute approximate surface area is 176 Å². The first kappa shape index (κ1) is 21.2. The van der Waals surface area contributed by atoms with Crippen LogP contribution in [0.15, 0.2) is 60.7 Å². The van der Waals surface area contributed by atoms with Crippen LogP contribution in [0.25, 0.3) is 5.69 Å². The topological polar surface area (TPSA) is 72.4 Å². The molecule has 1 aromatic heterocycles. The molecule has 6 heteroatoms. The van der Waals surface area contributed by atoms with Gasteiger partial charge in [0, 0.05) is 29.3 Å². The minimum Gasteiger partial charge on any atom is -0.466 e. The van der Waals surface area contributed by atoms with Gasteiger partial charge in [0.2, 0.25) is 0 Å². The van der Waals surface area contributed by atoms with Gasteiger partial charge in [-0.1, -0.05) is 30.3 Å². The molecule has 0 aliphatic carbocycles. The summed E-state index contributed by atoms with van der Waals surface area (Å²) in [6.07, 6.45) is 0.220. The summed E-state index contributed by atoms with van der Waals surface area (Å²) in [5.41, 5.74) is 5.89. The summed E-state index contributed by atoms with van der Waals surface area (Å²) in [6.45, 7) is 6.69. The Morgan fingerprint density at radius 2 is 1.70 bits per heavy atom. The minimum absolute atomic E-state index is 0.220. The maximum Gasteiger partial charge on any atom is 0.319 e. The number of rotatable bonds is 7. The molecule has 0 radical (unpaired) electrons. The lowest BCUT2D eigenvalue weighted by atomic mass is 10.1. The number of carbonyl (C=O) groups is 2. The number of para-hydroxylation sites is 1. The lowest BCUT2D eigenvalue weighted by molar-refractivity contribution is -0.142. The first-order valence-corrected chi connectivity index (χ1v) is 10.0. The van der Waals surface area contributed by atoms with Gasteiger partial charge in [0.15, 0.2) is 0 Å². The summed E-state index contributed by atoms with van der Waals surface area (Å²) in [7, 11) is 0. The molecular formula is C24H27N3O3. The predicted molar refractivity (Wildman–Crippen MR) is 118 cm³/mol. The number of hydrogen-bond donors (Lipinski definition) is 2. The van der Waals surface area contributed by atoms with Gasteiger partial charge in [-0.05, 0) is 62.2 Å². The average molecular weight is 405 g/mol. The molecule has 2 amide bonds. The second-order valence-electron chi connectivity index (χ2n) is 7.05. The van der Waals surface area contributed by atoms with Crippen molar-refractivity contribution in [3.05, 3.63) is 83.2 Å². The lowest BCUT2D eigenvalue weighted by Gasteiger charge is -2.11. The fraction of sp³-hybridized carbons (Fsp3) is 0.250. The van der Waals surface area contributed by atoms with E-state index in [0.29, 0.717) is 18.8 Å². The number of ether oxygens (including phenoxy) is 1. The fourth-order valence-electron chi connectivity index (χ4n) is 3.42. The Bertz CT molecular complexity index is 1010. The molecule has 0 saturated heterocycles. The zero-order valence-electron chi connectivity index (χ0n) is 17.6. The normalized spacial score (nSPS) is 10.5. The van der Waals surface area contributed by atoms with Gasteiger partial charge in [-0.15, -0.1) is 0 Å². The van der Waals surface area contributed by atoms with E-state index in [2.05, 4.69) is 47.2 Å². The number of esters is 1. The van der Waals surface area contributed by atoms with Crippen LogP contribution in [-0.2, 0) is 22.5 Å². The number of amides is 2. The van der Waals surface area contributed by atoms with E-state index in [1.165, 1.54) is 0 Å². The second kappa shape index (κ2) is 9.78. The summed E-state index contributed by atoms with van der Waals surface area (Å²) < 4.78 is 7.12. The Kier molecular flexibility index (Phi) is 6.91. The SMILES string of the molecule is CCOC(=O)Cc1ccc(NC(=O)NCc2cc(C)n(-c3ccccc3)c2C)cc1. The zero-order valence-corrected chi connectivity index (χ0v) is 17.6. The highest BCUT2D eigenvalue weighted by Crippen LogP contribution is 2.20. The van der Waals surface area contributed by atoms with Gasteiger partial charge in [-0.3, -0.25) is 4.79 Å². The molecule has 1 heterocycles. The Hall–Kier alpha value is -3.54. The molecule has 0 saturated carbocycles. The molecule has 0 fully saturated rings. The van der Waals surface area contributed by atoms with Crippen LogP contribution >= 0.6 is 0 Å². The van der Waals surface area contributed by atoms with Crippen LogP contribution in [0.3, 0.4) is 0 Å². The van der Waals surface area contributed by atoms with Crippen molar-refractivity contribution in [2.75, 3.05) is 11.9 Å². The average Bonchev–Trinajstić information content (AvgIpc) is 3.02. The van der Waals surface area contributed by atoms with E-state index >= 15 is 0 Å². The Morgan fingerprint density at radius 1 is 1.00 bits per heavy atom. The van der Waals surface area contributed by atoms with Gasteiger partial charge in [-0.2, -0.15) is 0 Å². The number of benzene rings is 2. The third-order valence-corrected chi connectivity index (χ3v) is 4.86. The van der Waals surface area contributed by atoms with E-state index in [-0.39, 0.29) is 18.4 Å². The van der Waals surface area contributed by atoms with Crippen molar-refractivity contribution in [3.63, 3.8) is 0 Å². The van der Waals surface area contributed by atoms with Crippen molar-refractivity contribution >= 4 is 17.7 Å². The molecule has 0 unspecified atom stereocenters. The van der Waals surface area contributed by atoms with Crippen molar-refractivity contribution in [3.8, 4) is 5.69 Å². The van der Waals surface area contributed by atoms with Crippen LogP contribution in [-0.4, -0.2) is 23.2 Å². The van der Waals surface area contributed by atoms with Gasteiger partial charge in [-0.25, -0.2) is 4.79 Å². The van der Waals surface area contributed by atoms with Crippen molar-refractivity contribution < 1.29 is 14.3 Å². The number of anilines is 1. The molecule has 3 rings (SSSR count). The molecule has 0 atom stereocenters. The summed E-state index contributed by atoms with van der Waals surface area (Å²) in [5.74, 6) is -0.260. The minimum atomic E-state index is -0.280. The summed E-state index contributed by atoms with van der Waals surface area (Å²) in [5, 5.41) is 5.72. The number of nitrogens with zero attached hydrogens (tertiary/aromatic N) is 1. The van der Waals surface area contributed by atoms with Gasteiger partial charge in [0.1, 0.15) is 0 Å². The smallest absolute Gasteiger partial charge is 0.319 e. The number of urea groups is 1. The first-order valence-electron chi connectivity index (χ1n) is 10.0. The summed E-state index contributed by atoms with van der Waals surface area (Å²) >= 11 is 0. The molecule has 156 valence electrons. The molecular weight excluding hydrogens is 378 g/mol. The van der Waals surface area contributed by atoms with Crippen LogP contribution in [0.1, 0.15) is 29.4 Å². The van der Waals surface area contributed by atoms with Gasteiger partial charge >= 0.3 is 12.0 Å². The van der Waals surface area contributed by atoms with Gasteiger partial charge in [0.05, 0.1) is 13.0 Å². The summed E-state index contributed by atoms with van der Waals surface area (Å²) in [6, 6.07) is 19.1. The van der Waals surface area contributed by atoms with Crippen LogP contribution in [0.4, 0.5) is 10.5 Å². The second-order valence-corrected chi connectivity index (χ2v) is 7.05. The maximum atomic E-state index is 12.3. The maximum absolute atomic E-state index is 12.3. The highest BCUT2D eigenvalue weighted by Gasteiger charge is 2.12. The molecule has 0 bridgehead atoms. The number of aromatic nitrogens is 1. The number of carbonyl (C=O) groups excluding carboxylic acids is 2. The van der Waals surface area contributed by atoms with Crippen molar-refractivity contribution in [1.29, 1.82) is 0 Å². The fourth-order valence-corrected chi connectivity index (χ4v) is 3.42. The largest absolute Gasteiger partial charge is 0.466 e. The number of hydrogen-bond acceptors (Lipinski definition) is 3. The molecule has 2 aromatic carbocycles. The molecule has 30 heavy (non-hydrogen) atoms. The van der Waals surface area contributed by atoms with E-state index in [4.69, 9.17) is 4.74 Å². The van der Waals surface area contributed by atoms with E-state index in [1.807, 2.05) is 18.2 Å². The van der Waals surface area contributed by atoms with Gasteiger partial charge < -0.3 is 19.9 Å².